The van der Waals surface area contributed by atoms with E-state index in [2.05, 4.69) is 5.32 Å². The predicted molar refractivity (Wildman–Crippen MR) is 86.1 cm³/mol. The van der Waals surface area contributed by atoms with Crippen molar-refractivity contribution < 1.29 is 29.6 Å². The highest BCUT2D eigenvalue weighted by Crippen LogP contribution is 2.16. The van der Waals surface area contributed by atoms with Crippen molar-refractivity contribution in [1.29, 1.82) is 0 Å². The molecular formula is C17H25NO6. The lowest BCUT2D eigenvalue weighted by Gasteiger charge is -2.34. The van der Waals surface area contributed by atoms with E-state index in [0.29, 0.717) is 25.8 Å². The summed E-state index contributed by atoms with van der Waals surface area (Å²) in [5, 5.41) is 31.4. The first-order valence-corrected chi connectivity index (χ1v) is 8.16. The zero-order valence-corrected chi connectivity index (χ0v) is 13.5. The van der Waals surface area contributed by atoms with Gasteiger partial charge in [-0.25, -0.2) is 0 Å². The van der Waals surface area contributed by atoms with Crippen molar-refractivity contribution in [2.75, 3.05) is 19.8 Å². The summed E-state index contributed by atoms with van der Waals surface area (Å²) in [6.07, 6.45) is -2.94. The lowest BCUT2D eigenvalue weighted by Crippen LogP contribution is -2.53. The number of benzene rings is 1. The molecule has 134 valence electrons. The molecule has 0 aliphatic carbocycles. The molecule has 24 heavy (non-hydrogen) atoms. The average Bonchev–Trinajstić information content (AvgIpc) is 2.60. The Kier molecular flexibility index (Phi) is 7.61. The van der Waals surface area contributed by atoms with E-state index in [4.69, 9.17) is 9.47 Å². The van der Waals surface area contributed by atoms with Crippen LogP contribution in [0, 0.1) is 0 Å². The molecule has 7 nitrogen and oxygen atoms in total. The van der Waals surface area contributed by atoms with Crippen molar-refractivity contribution in [3.63, 3.8) is 0 Å². The Hall–Kier alpha value is -1.51. The van der Waals surface area contributed by atoms with Crippen molar-refractivity contribution in [3.05, 3.63) is 35.9 Å². The summed E-state index contributed by atoms with van der Waals surface area (Å²) in [5.74, 6) is -0.0219. The Labute approximate surface area is 141 Å². The third kappa shape index (κ3) is 5.85. The number of amides is 1. The van der Waals surface area contributed by atoms with Crippen LogP contribution in [-0.4, -0.2) is 65.6 Å². The van der Waals surface area contributed by atoms with Gasteiger partial charge >= 0.3 is 0 Å². The average molecular weight is 339 g/mol. The van der Waals surface area contributed by atoms with Crippen LogP contribution in [0.2, 0.25) is 0 Å². The molecule has 0 saturated carbocycles. The van der Waals surface area contributed by atoms with Crippen LogP contribution in [0.5, 0.6) is 0 Å². The number of nitrogens with one attached hydrogen (secondary N) is 1. The van der Waals surface area contributed by atoms with Crippen LogP contribution < -0.4 is 5.32 Å². The number of aryl methyl sites for hydroxylation is 1. The molecular weight excluding hydrogens is 314 g/mol. The Morgan fingerprint density at radius 2 is 1.96 bits per heavy atom. The monoisotopic (exact) mass is 339 g/mol. The predicted octanol–water partition coefficient (Wildman–Crippen LogP) is -0.419. The van der Waals surface area contributed by atoms with E-state index in [9.17, 15) is 20.1 Å². The van der Waals surface area contributed by atoms with E-state index in [1.165, 1.54) is 0 Å². The molecule has 4 atom stereocenters. The summed E-state index contributed by atoms with van der Waals surface area (Å²) in [4.78, 5) is 11.7. The highest BCUT2D eigenvalue weighted by Gasteiger charge is 2.37. The van der Waals surface area contributed by atoms with E-state index < -0.39 is 24.6 Å². The van der Waals surface area contributed by atoms with Crippen LogP contribution in [0.15, 0.2) is 30.3 Å². The second-order valence-electron chi connectivity index (χ2n) is 5.81. The fraction of sp³-hybridized carbons (Fsp3) is 0.588. The van der Waals surface area contributed by atoms with Gasteiger partial charge in [0.15, 0.2) is 6.29 Å². The van der Waals surface area contributed by atoms with E-state index >= 15 is 0 Å². The summed E-state index contributed by atoms with van der Waals surface area (Å²) in [6.45, 7) is 0.643. The molecule has 1 heterocycles. The van der Waals surface area contributed by atoms with Gasteiger partial charge in [0.2, 0.25) is 5.91 Å². The zero-order valence-electron chi connectivity index (χ0n) is 13.5. The van der Waals surface area contributed by atoms with Gasteiger partial charge in [-0.1, -0.05) is 30.3 Å². The van der Waals surface area contributed by atoms with Gasteiger partial charge < -0.3 is 30.1 Å². The zero-order chi connectivity index (χ0) is 17.4. The van der Waals surface area contributed by atoms with Gasteiger partial charge in [-0.3, -0.25) is 4.79 Å². The topological polar surface area (TPSA) is 108 Å². The minimum absolute atomic E-state index is 0.0219. The van der Waals surface area contributed by atoms with Crippen LogP contribution in [0.3, 0.4) is 0 Å². The third-order valence-corrected chi connectivity index (χ3v) is 3.86. The molecule has 2 rings (SSSR count). The molecule has 1 fully saturated rings. The Bertz CT molecular complexity index is 497. The van der Waals surface area contributed by atoms with Gasteiger partial charge in [-0.15, -0.1) is 0 Å². The maximum absolute atomic E-state index is 11.7. The first kappa shape index (κ1) is 18.8. The molecule has 1 aromatic rings. The molecule has 1 aliphatic rings. The number of hydrogen-bond donors (Lipinski definition) is 4. The maximum atomic E-state index is 11.7. The quantitative estimate of drug-likeness (QED) is 0.479. The summed E-state index contributed by atoms with van der Waals surface area (Å²) in [6, 6.07) is 9.81. The Balaban J connectivity index is 1.54. The van der Waals surface area contributed by atoms with E-state index in [1.54, 1.807) is 0 Å². The number of aliphatic hydroxyl groups is 3. The number of ether oxygens (including phenoxy) is 2. The first-order valence-electron chi connectivity index (χ1n) is 8.16. The number of aliphatic hydroxyl groups excluding tert-OH is 3. The molecule has 0 bridgehead atoms. The minimum Gasteiger partial charge on any atom is -0.388 e. The van der Waals surface area contributed by atoms with Crippen LogP contribution >= 0.6 is 0 Å². The van der Waals surface area contributed by atoms with Crippen molar-refractivity contribution in [2.45, 2.75) is 43.9 Å². The normalized spacial score (nSPS) is 27.0. The first-order chi connectivity index (χ1) is 11.6. The number of carbonyl (C=O) groups excluding carboxylic acids is 1. The molecule has 4 N–H and O–H groups in total. The van der Waals surface area contributed by atoms with Crippen molar-refractivity contribution in [2.24, 2.45) is 0 Å². The SMILES string of the molecule is O=C(CCc1ccccc1)NCCCO[C@@H]1OC[C@@H](O)[C@H](O)[C@H]1O. The summed E-state index contributed by atoms with van der Waals surface area (Å²) in [5.41, 5.74) is 1.13. The fourth-order valence-electron chi connectivity index (χ4n) is 2.42. The van der Waals surface area contributed by atoms with Gasteiger partial charge in [0.1, 0.15) is 18.3 Å². The molecule has 1 amide bonds. The number of rotatable bonds is 8. The Morgan fingerprint density at radius 1 is 1.21 bits per heavy atom. The van der Waals surface area contributed by atoms with Gasteiger partial charge in [-0.05, 0) is 18.4 Å². The number of carbonyl (C=O) groups is 1. The molecule has 1 saturated heterocycles. The Morgan fingerprint density at radius 3 is 2.71 bits per heavy atom. The van der Waals surface area contributed by atoms with Crippen LogP contribution in [0.1, 0.15) is 18.4 Å². The van der Waals surface area contributed by atoms with E-state index in [-0.39, 0.29) is 19.1 Å². The van der Waals surface area contributed by atoms with Gasteiger partial charge in [0.25, 0.3) is 0 Å². The summed E-state index contributed by atoms with van der Waals surface area (Å²) < 4.78 is 10.4. The second-order valence-corrected chi connectivity index (χ2v) is 5.81. The molecule has 0 radical (unpaired) electrons. The summed E-state index contributed by atoms with van der Waals surface area (Å²) in [7, 11) is 0. The molecule has 1 aromatic carbocycles. The van der Waals surface area contributed by atoms with E-state index in [1.807, 2.05) is 30.3 Å². The van der Waals surface area contributed by atoms with Gasteiger partial charge in [0, 0.05) is 13.0 Å². The fourth-order valence-corrected chi connectivity index (χ4v) is 2.42. The highest BCUT2D eigenvalue weighted by atomic mass is 16.7. The molecule has 7 heteroatoms. The van der Waals surface area contributed by atoms with Crippen molar-refractivity contribution in [1.82, 2.24) is 5.32 Å². The summed E-state index contributed by atoms with van der Waals surface area (Å²) >= 11 is 0. The van der Waals surface area contributed by atoms with Gasteiger partial charge in [-0.2, -0.15) is 0 Å². The minimum atomic E-state index is -1.28. The third-order valence-electron chi connectivity index (χ3n) is 3.86. The molecule has 0 aromatic heterocycles. The largest absolute Gasteiger partial charge is 0.388 e. The highest BCUT2D eigenvalue weighted by molar-refractivity contribution is 5.76. The molecule has 1 aliphatic heterocycles. The maximum Gasteiger partial charge on any atom is 0.220 e. The molecule has 0 spiro atoms. The second kappa shape index (κ2) is 9.71. The standard InChI is InChI=1S/C17H25NO6/c19-13-11-24-17(16(22)15(13)21)23-10-4-9-18-14(20)8-7-12-5-2-1-3-6-12/h1-3,5-6,13,15-17,19,21-22H,4,7-11H2,(H,18,20)/t13-,15+,16-,17-/m1/s1. The van der Waals surface area contributed by atoms with Crippen molar-refractivity contribution >= 4 is 5.91 Å². The van der Waals surface area contributed by atoms with E-state index in [0.717, 1.165) is 5.56 Å². The van der Waals surface area contributed by atoms with Crippen LogP contribution in [0.25, 0.3) is 0 Å². The van der Waals surface area contributed by atoms with Crippen molar-refractivity contribution in [3.8, 4) is 0 Å². The lowest BCUT2D eigenvalue weighted by atomic mass is 10.1. The molecule has 0 unspecified atom stereocenters. The lowest BCUT2D eigenvalue weighted by molar-refractivity contribution is -0.269. The smallest absolute Gasteiger partial charge is 0.220 e. The number of hydrogen-bond acceptors (Lipinski definition) is 6. The van der Waals surface area contributed by atoms with Gasteiger partial charge in [0.05, 0.1) is 13.2 Å². The van der Waals surface area contributed by atoms with Crippen LogP contribution in [-0.2, 0) is 20.7 Å². The van der Waals surface area contributed by atoms with Crippen LogP contribution in [0.4, 0.5) is 0 Å².